The van der Waals surface area contributed by atoms with E-state index in [-0.39, 0.29) is 5.69 Å². The molecule has 0 atom stereocenters. The van der Waals surface area contributed by atoms with Gasteiger partial charge in [-0.1, -0.05) is 5.16 Å². The summed E-state index contributed by atoms with van der Waals surface area (Å²) in [6.07, 6.45) is -8.67. The van der Waals surface area contributed by atoms with Gasteiger partial charge in [0.1, 0.15) is 18.9 Å². The third kappa shape index (κ3) is 5.98. The quantitative estimate of drug-likeness (QED) is 0.457. The number of benzene rings is 1. The molecule has 25 heavy (non-hydrogen) atoms. The van der Waals surface area contributed by atoms with Crippen molar-refractivity contribution in [3.63, 3.8) is 0 Å². The van der Waals surface area contributed by atoms with E-state index in [9.17, 15) is 27.2 Å². The lowest BCUT2D eigenvalue weighted by molar-refractivity contribution is -0.253. The van der Waals surface area contributed by atoms with E-state index >= 15 is 0 Å². The Morgan fingerprint density at radius 2 is 1.88 bits per heavy atom. The lowest BCUT2D eigenvalue weighted by Crippen LogP contribution is -2.38. The van der Waals surface area contributed by atoms with Crippen LogP contribution in [0.3, 0.4) is 0 Å². The number of carbonyl (C=O) groups is 2. The van der Waals surface area contributed by atoms with E-state index < -0.39 is 35.9 Å². The van der Waals surface area contributed by atoms with Gasteiger partial charge in [0, 0.05) is 5.69 Å². The second kappa shape index (κ2) is 8.48. The van der Waals surface area contributed by atoms with Gasteiger partial charge in [-0.05, 0) is 24.3 Å². The number of nitrogens with zero attached hydrogens (tertiary/aromatic N) is 2. The van der Waals surface area contributed by atoms with Crippen LogP contribution in [0.15, 0.2) is 29.4 Å². The molecule has 0 aromatic heterocycles. The number of hydrogen-bond acceptors (Lipinski definition) is 6. The van der Waals surface area contributed by atoms with E-state index in [2.05, 4.69) is 20.0 Å². The monoisotopic (exact) mass is 362 g/mol. The summed E-state index contributed by atoms with van der Waals surface area (Å²) in [6, 6.07) is 4.27. The Hall–Kier alpha value is -3.36. The van der Waals surface area contributed by atoms with Crippen molar-refractivity contribution < 1.29 is 36.7 Å². The lowest BCUT2D eigenvalue weighted by atomic mass is 10.3. The first kappa shape index (κ1) is 19.7. The smallest absolute Gasteiger partial charge is 0.428 e. The van der Waals surface area contributed by atoms with Crippen LogP contribution in [0.4, 0.5) is 28.0 Å². The number of rotatable bonds is 6. The highest BCUT2D eigenvalue weighted by molar-refractivity contribution is 6.47. The predicted molar refractivity (Wildman–Crippen MR) is 75.2 cm³/mol. The molecule has 0 heterocycles. The molecule has 0 radical (unpaired) electrons. The third-order valence-corrected chi connectivity index (χ3v) is 2.35. The van der Waals surface area contributed by atoms with E-state index in [0.717, 1.165) is 31.4 Å². The van der Waals surface area contributed by atoms with Crippen molar-refractivity contribution in [2.24, 2.45) is 5.16 Å². The standard InChI is InChI=1S/C13H10F4N4O4/c1-24-21-9(6-18)10(22)20-12(23)19-7-2-4-8(5-3-7)25-13(16,17)11(14)15/h2-5,11H,1H3,(H2,19,20,22,23)/b21-9+. The maximum Gasteiger partial charge on any atom is 0.461 e. The molecule has 0 saturated heterocycles. The normalized spacial score (nSPS) is 11.5. The van der Waals surface area contributed by atoms with Crippen molar-refractivity contribution in [3.05, 3.63) is 24.3 Å². The molecule has 8 nitrogen and oxygen atoms in total. The van der Waals surface area contributed by atoms with Crippen LogP contribution < -0.4 is 15.4 Å². The highest BCUT2D eigenvalue weighted by atomic mass is 19.3. The topological polar surface area (TPSA) is 113 Å². The molecule has 3 amide bonds. The second-order valence-corrected chi connectivity index (χ2v) is 4.13. The number of amides is 3. The van der Waals surface area contributed by atoms with Crippen molar-refractivity contribution in [1.82, 2.24) is 5.32 Å². The maximum atomic E-state index is 12.7. The van der Waals surface area contributed by atoms with Gasteiger partial charge in [0.05, 0.1) is 0 Å². The Morgan fingerprint density at radius 3 is 2.36 bits per heavy atom. The van der Waals surface area contributed by atoms with Gasteiger partial charge in [-0.15, -0.1) is 0 Å². The molecule has 12 heteroatoms. The van der Waals surface area contributed by atoms with Crippen LogP contribution in [-0.2, 0) is 9.63 Å². The summed E-state index contributed by atoms with van der Waals surface area (Å²) in [5, 5.41) is 15.6. The van der Waals surface area contributed by atoms with E-state index in [1.165, 1.54) is 6.07 Å². The number of hydrogen-bond donors (Lipinski definition) is 2. The molecule has 0 spiro atoms. The minimum absolute atomic E-state index is 0.0280. The first-order valence-electron chi connectivity index (χ1n) is 6.28. The second-order valence-electron chi connectivity index (χ2n) is 4.13. The Morgan fingerprint density at radius 1 is 1.28 bits per heavy atom. The van der Waals surface area contributed by atoms with Gasteiger partial charge in [-0.2, -0.15) is 22.8 Å². The third-order valence-electron chi connectivity index (χ3n) is 2.35. The zero-order valence-corrected chi connectivity index (χ0v) is 12.4. The fourth-order valence-electron chi connectivity index (χ4n) is 1.34. The summed E-state index contributed by atoms with van der Waals surface area (Å²) in [5.74, 6) is -1.70. The summed E-state index contributed by atoms with van der Waals surface area (Å²) in [5.41, 5.74) is -0.684. The fourth-order valence-corrected chi connectivity index (χ4v) is 1.34. The molecule has 1 aromatic carbocycles. The van der Waals surface area contributed by atoms with Crippen LogP contribution in [0.5, 0.6) is 5.75 Å². The van der Waals surface area contributed by atoms with Gasteiger partial charge in [-0.25, -0.2) is 4.79 Å². The first-order valence-corrected chi connectivity index (χ1v) is 6.28. The molecule has 2 N–H and O–H groups in total. The number of ether oxygens (including phenoxy) is 1. The van der Waals surface area contributed by atoms with Crippen LogP contribution >= 0.6 is 0 Å². The molecular formula is C13H10F4N4O4. The number of alkyl halides is 4. The average Bonchev–Trinajstić information content (AvgIpc) is 2.53. The van der Waals surface area contributed by atoms with Crippen LogP contribution in [0, 0.1) is 11.3 Å². The van der Waals surface area contributed by atoms with E-state index in [4.69, 9.17) is 5.26 Å². The number of nitrogens with one attached hydrogen (secondary N) is 2. The highest BCUT2D eigenvalue weighted by Gasteiger charge is 2.43. The van der Waals surface area contributed by atoms with Gasteiger partial charge in [0.2, 0.25) is 5.71 Å². The van der Waals surface area contributed by atoms with E-state index in [1.54, 1.807) is 5.32 Å². The van der Waals surface area contributed by atoms with Crippen molar-refractivity contribution in [3.8, 4) is 11.8 Å². The van der Waals surface area contributed by atoms with Crippen molar-refractivity contribution in [2.75, 3.05) is 12.4 Å². The Labute approximate surface area is 138 Å². The highest BCUT2D eigenvalue weighted by Crippen LogP contribution is 2.28. The summed E-state index contributed by atoms with van der Waals surface area (Å²) >= 11 is 0. The van der Waals surface area contributed by atoms with Gasteiger partial charge in [-0.3, -0.25) is 10.1 Å². The van der Waals surface area contributed by atoms with Gasteiger partial charge >= 0.3 is 18.6 Å². The Balaban J connectivity index is 2.66. The molecule has 0 aliphatic heterocycles. The van der Waals surface area contributed by atoms with Crippen molar-refractivity contribution >= 4 is 23.3 Å². The average molecular weight is 362 g/mol. The zero-order chi connectivity index (χ0) is 19.0. The molecule has 0 fully saturated rings. The minimum Gasteiger partial charge on any atom is -0.428 e. The number of halogens is 4. The number of carbonyl (C=O) groups excluding carboxylic acids is 2. The first-order chi connectivity index (χ1) is 11.7. The van der Waals surface area contributed by atoms with Crippen LogP contribution in [0.1, 0.15) is 0 Å². The van der Waals surface area contributed by atoms with E-state index in [0.29, 0.717) is 0 Å². The molecular weight excluding hydrogens is 352 g/mol. The molecule has 0 bridgehead atoms. The van der Waals surface area contributed by atoms with Crippen molar-refractivity contribution in [2.45, 2.75) is 12.5 Å². The number of imide groups is 1. The molecule has 134 valence electrons. The molecule has 1 rings (SSSR count). The number of anilines is 1. The number of nitriles is 1. The minimum atomic E-state index is -4.66. The molecule has 1 aromatic rings. The summed E-state index contributed by atoms with van der Waals surface area (Å²) < 4.78 is 53.3. The number of urea groups is 1. The van der Waals surface area contributed by atoms with Gasteiger partial charge in [0.25, 0.3) is 5.91 Å². The maximum absolute atomic E-state index is 12.7. The van der Waals surface area contributed by atoms with Crippen LogP contribution in [-0.4, -0.2) is 37.3 Å². The fraction of sp³-hybridized carbons (Fsp3) is 0.231. The Kier molecular flexibility index (Phi) is 6.68. The Bertz CT molecular complexity index is 701. The summed E-state index contributed by atoms with van der Waals surface area (Å²) in [6.45, 7) is 0. The molecule has 0 unspecified atom stereocenters. The molecule has 0 saturated carbocycles. The SMILES string of the molecule is CO/N=C(\C#N)C(=O)NC(=O)Nc1ccc(OC(F)(F)C(F)F)cc1. The number of oxime groups is 1. The summed E-state index contributed by atoms with van der Waals surface area (Å²) in [7, 11) is 1.09. The molecule has 0 aliphatic rings. The zero-order valence-electron chi connectivity index (χ0n) is 12.4. The van der Waals surface area contributed by atoms with Gasteiger partial charge in [0.15, 0.2) is 0 Å². The summed E-state index contributed by atoms with van der Waals surface area (Å²) in [4.78, 5) is 27.2. The molecule has 0 aliphatic carbocycles. The van der Waals surface area contributed by atoms with E-state index in [1.807, 2.05) is 0 Å². The lowest BCUT2D eigenvalue weighted by Gasteiger charge is -2.16. The van der Waals surface area contributed by atoms with Gasteiger partial charge < -0.3 is 14.9 Å². The largest absolute Gasteiger partial charge is 0.461 e. The van der Waals surface area contributed by atoms with Crippen LogP contribution in [0.2, 0.25) is 0 Å². The predicted octanol–water partition coefficient (Wildman–Crippen LogP) is 2.10. The van der Waals surface area contributed by atoms with Crippen LogP contribution in [0.25, 0.3) is 0 Å². The van der Waals surface area contributed by atoms with Crippen molar-refractivity contribution in [1.29, 1.82) is 5.26 Å².